The Labute approximate surface area is 193 Å². The Morgan fingerprint density at radius 2 is 1.73 bits per heavy atom. The number of carbonyl (C=O) groups is 1. The minimum absolute atomic E-state index is 0.0568. The average Bonchev–Trinajstić information content (AvgIpc) is 3.08. The fraction of sp³-hybridized carbons (Fsp3) is 0.333. The van der Waals surface area contributed by atoms with Gasteiger partial charge in [0, 0.05) is 42.9 Å². The predicted molar refractivity (Wildman–Crippen MR) is 126 cm³/mol. The maximum Gasteiger partial charge on any atom is 0.311 e. The Bertz CT molecular complexity index is 1190. The van der Waals surface area contributed by atoms with Crippen LogP contribution in [0.3, 0.4) is 0 Å². The summed E-state index contributed by atoms with van der Waals surface area (Å²) >= 11 is 0. The van der Waals surface area contributed by atoms with Gasteiger partial charge in [0.15, 0.2) is 0 Å². The Morgan fingerprint density at radius 3 is 2.39 bits per heavy atom. The molecule has 2 aromatic carbocycles. The highest BCUT2D eigenvalue weighted by Crippen LogP contribution is 2.48. The van der Waals surface area contributed by atoms with Crippen LogP contribution in [0.25, 0.3) is 11.1 Å². The molecule has 4 atom stereocenters. The first kappa shape index (κ1) is 21.6. The summed E-state index contributed by atoms with van der Waals surface area (Å²) in [6.45, 7) is 1.05. The first-order valence-electron chi connectivity index (χ1n) is 11.4. The molecule has 0 spiro atoms. The normalized spacial score (nSPS) is 23.8. The molecule has 5 rings (SSSR count). The minimum atomic E-state index is -0.517. The summed E-state index contributed by atoms with van der Waals surface area (Å²) in [5.74, 6) is -1.14. The first-order chi connectivity index (χ1) is 16.1. The second kappa shape index (κ2) is 8.96. The Balaban J connectivity index is 1.57. The molecule has 1 saturated heterocycles. The zero-order valence-electron chi connectivity index (χ0n) is 18.6. The quantitative estimate of drug-likeness (QED) is 0.592. The van der Waals surface area contributed by atoms with Gasteiger partial charge in [0.1, 0.15) is 0 Å². The lowest BCUT2D eigenvalue weighted by Crippen LogP contribution is -2.47. The van der Waals surface area contributed by atoms with Crippen molar-refractivity contribution in [1.29, 1.82) is 0 Å². The van der Waals surface area contributed by atoms with E-state index in [0.717, 1.165) is 24.2 Å². The molecule has 0 aliphatic carbocycles. The Hall–Kier alpha value is -3.22. The molecular weight excluding hydrogens is 416 g/mol. The second-order valence-corrected chi connectivity index (χ2v) is 8.83. The number of benzene rings is 2. The van der Waals surface area contributed by atoms with E-state index in [-0.39, 0.29) is 36.1 Å². The van der Waals surface area contributed by atoms with Crippen molar-refractivity contribution >= 4 is 5.97 Å². The smallest absolute Gasteiger partial charge is 0.311 e. The fourth-order valence-electron chi connectivity index (χ4n) is 5.67. The number of pyridine rings is 1. The van der Waals surface area contributed by atoms with Gasteiger partial charge in [-0.2, -0.15) is 0 Å². The van der Waals surface area contributed by atoms with Crippen molar-refractivity contribution in [2.24, 2.45) is 11.8 Å². The monoisotopic (exact) mass is 444 g/mol. The topological polar surface area (TPSA) is 71.8 Å². The lowest BCUT2D eigenvalue weighted by molar-refractivity contribution is -0.148. The standard InChI is InChI=1S/C27H28N2O4/c1-33-27(32)24-21(17-30)23-16-29-22(13-12-20(26(29)31)19-10-6-3-7-11-19)25(24)28(23)15-14-18-8-4-2-5-9-18/h2-13,21,23-25,30H,14-17H2,1H3/t21-,23-,24+,25+/m1/s1. The Kier molecular flexibility index (Phi) is 5.87. The van der Waals surface area contributed by atoms with E-state index in [9.17, 15) is 14.7 Å². The highest BCUT2D eigenvalue weighted by atomic mass is 16.5. The van der Waals surface area contributed by atoms with E-state index in [1.807, 2.05) is 65.2 Å². The van der Waals surface area contributed by atoms with Crippen molar-refractivity contribution in [1.82, 2.24) is 9.47 Å². The molecule has 1 N–H and O–H groups in total. The third kappa shape index (κ3) is 3.69. The number of rotatable bonds is 6. The zero-order valence-corrected chi connectivity index (χ0v) is 18.6. The lowest BCUT2D eigenvalue weighted by atomic mass is 9.87. The van der Waals surface area contributed by atoms with Crippen LogP contribution in [0, 0.1) is 11.8 Å². The number of aliphatic hydroxyl groups excluding tert-OH is 1. The fourth-order valence-corrected chi connectivity index (χ4v) is 5.67. The molecule has 3 aromatic rings. The summed E-state index contributed by atoms with van der Waals surface area (Å²) in [4.78, 5) is 28.7. The molecule has 2 bridgehead atoms. The second-order valence-electron chi connectivity index (χ2n) is 8.83. The van der Waals surface area contributed by atoms with Crippen molar-refractivity contribution in [3.05, 3.63) is 94.4 Å². The molecule has 0 radical (unpaired) electrons. The van der Waals surface area contributed by atoms with Crippen LogP contribution in [0.2, 0.25) is 0 Å². The number of carbonyl (C=O) groups excluding carboxylic acids is 1. The van der Waals surface area contributed by atoms with Gasteiger partial charge in [-0.15, -0.1) is 0 Å². The van der Waals surface area contributed by atoms with E-state index >= 15 is 0 Å². The van der Waals surface area contributed by atoms with Gasteiger partial charge in [-0.05, 0) is 29.7 Å². The number of methoxy groups -OCH3 is 1. The molecule has 170 valence electrons. The summed E-state index contributed by atoms with van der Waals surface area (Å²) in [7, 11) is 1.39. The van der Waals surface area contributed by atoms with Crippen LogP contribution in [0.15, 0.2) is 77.6 Å². The maximum absolute atomic E-state index is 13.5. The molecule has 1 fully saturated rings. The van der Waals surface area contributed by atoms with Gasteiger partial charge in [0.2, 0.25) is 0 Å². The van der Waals surface area contributed by atoms with E-state index in [1.165, 1.54) is 12.7 Å². The maximum atomic E-state index is 13.5. The molecule has 1 aromatic heterocycles. The van der Waals surface area contributed by atoms with Crippen LogP contribution in [-0.4, -0.2) is 46.8 Å². The lowest BCUT2D eigenvalue weighted by Gasteiger charge is -2.38. The van der Waals surface area contributed by atoms with Crippen LogP contribution >= 0.6 is 0 Å². The summed E-state index contributed by atoms with van der Waals surface area (Å²) in [6.07, 6.45) is 0.826. The average molecular weight is 445 g/mol. The van der Waals surface area contributed by atoms with Crippen molar-refractivity contribution in [3.63, 3.8) is 0 Å². The van der Waals surface area contributed by atoms with Gasteiger partial charge in [-0.3, -0.25) is 14.5 Å². The van der Waals surface area contributed by atoms with E-state index in [0.29, 0.717) is 12.1 Å². The molecule has 0 saturated carbocycles. The third-order valence-electron chi connectivity index (χ3n) is 7.23. The van der Waals surface area contributed by atoms with Gasteiger partial charge in [0.05, 0.1) is 19.1 Å². The number of hydrogen-bond donors (Lipinski definition) is 1. The zero-order chi connectivity index (χ0) is 22.9. The van der Waals surface area contributed by atoms with Gasteiger partial charge in [-0.25, -0.2) is 0 Å². The SMILES string of the molecule is COC(=O)[C@H]1[C@H](CO)[C@H]2Cn3c(ccc(-c4ccccc4)c3=O)[C@@H]1N2CCc1ccccc1. The number of fused-ring (bicyclic) bond motifs is 4. The minimum Gasteiger partial charge on any atom is -0.469 e. The van der Waals surface area contributed by atoms with Crippen LogP contribution < -0.4 is 5.56 Å². The van der Waals surface area contributed by atoms with Gasteiger partial charge in [-0.1, -0.05) is 60.7 Å². The molecule has 0 amide bonds. The van der Waals surface area contributed by atoms with E-state index in [1.54, 1.807) is 0 Å². The highest BCUT2D eigenvalue weighted by Gasteiger charge is 2.56. The van der Waals surface area contributed by atoms with E-state index in [2.05, 4.69) is 17.0 Å². The first-order valence-corrected chi connectivity index (χ1v) is 11.4. The van der Waals surface area contributed by atoms with Crippen molar-refractivity contribution in [3.8, 4) is 11.1 Å². The summed E-state index contributed by atoms with van der Waals surface area (Å²) < 4.78 is 6.97. The summed E-state index contributed by atoms with van der Waals surface area (Å²) in [6, 6.07) is 23.3. The number of aromatic nitrogens is 1. The van der Waals surface area contributed by atoms with Gasteiger partial charge >= 0.3 is 5.97 Å². The molecule has 2 aliphatic heterocycles. The summed E-state index contributed by atoms with van der Waals surface area (Å²) in [5.41, 5.74) is 3.50. The Morgan fingerprint density at radius 1 is 1.03 bits per heavy atom. The molecule has 3 heterocycles. The largest absolute Gasteiger partial charge is 0.469 e. The van der Waals surface area contributed by atoms with Gasteiger partial charge in [0.25, 0.3) is 5.56 Å². The van der Waals surface area contributed by atoms with Crippen molar-refractivity contribution in [2.75, 3.05) is 20.3 Å². The van der Waals surface area contributed by atoms with Crippen LogP contribution in [0.1, 0.15) is 17.3 Å². The molecule has 33 heavy (non-hydrogen) atoms. The predicted octanol–water partition coefficient (Wildman–Crippen LogP) is 2.89. The number of aliphatic hydroxyl groups is 1. The molecule has 6 nitrogen and oxygen atoms in total. The highest BCUT2D eigenvalue weighted by molar-refractivity contribution is 5.75. The third-order valence-corrected chi connectivity index (χ3v) is 7.23. The molecule has 6 heteroatoms. The molecular formula is C27H28N2O4. The van der Waals surface area contributed by atoms with Crippen molar-refractivity contribution < 1.29 is 14.6 Å². The van der Waals surface area contributed by atoms with Crippen LogP contribution in [-0.2, 0) is 22.5 Å². The number of esters is 1. The van der Waals surface area contributed by atoms with Crippen LogP contribution in [0.4, 0.5) is 0 Å². The van der Waals surface area contributed by atoms with E-state index < -0.39 is 5.92 Å². The van der Waals surface area contributed by atoms with Crippen LogP contribution in [0.5, 0.6) is 0 Å². The number of hydrogen-bond acceptors (Lipinski definition) is 5. The molecule has 2 aliphatic rings. The summed E-state index contributed by atoms with van der Waals surface area (Å²) in [5, 5.41) is 10.3. The van der Waals surface area contributed by atoms with Gasteiger partial charge < -0.3 is 14.4 Å². The number of nitrogens with zero attached hydrogens (tertiary/aromatic N) is 2. The van der Waals surface area contributed by atoms with E-state index in [4.69, 9.17) is 4.74 Å². The number of ether oxygens (including phenoxy) is 1. The molecule has 0 unspecified atom stereocenters. The van der Waals surface area contributed by atoms with Crippen molar-refractivity contribution in [2.45, 2.75) is 25.0 Å².